The summed E-state index contributed by atoms with van der Waals surface area (Å²) in [4.78, 5) is 12.2. The van der Waals surface area contributed by atoms with Gasteiger partial charge in [-0.3, -0.25) is 4.79 Å². The van der Waals surface area contributed by atoms with Crippen LogP contribution in [0.4, 0.5) is 5.69 Å². The van der Waals surface area contributed by atoms with Crippen molar-refractivity contribution in [3.05, 3.63) is 65.9 Å². The van der Waals surface area contributed by atoms with Crippen LogP contribution in [-0.4, -0.2) is 15.6 Å². The Bertz CT molecular complexity index is 821. The number of benzene rings is 2. The van der Waals surface area contributed by atoms with E-state index in [1.165, 1.54) is 0 Å². The van der Waals surface area contributed by atoms with Crippen molar-refractivity contribution in [3.63, 3.8) is 0 Å². The van der Waals surface area contributed by atoms with Gasteiger partial charge < -0.3 is 15.0 Å². The van der Waals surface area contributed by atoms with E-state index < -0.39 is 0 Å². The van der Waals surface area contributed by atoms with Crippen LogP contribution in [0.15, 0.2) is 54.7 Å². The van der Waals surface area contributed by atoms with E-state index in [2.05, 4.69) is 11.4 Å². The number of carbonyl (C=O) groups is 1. The molecule has 0 fully saturated rings. The van der Waals surface area contributed by atoms with Gasteiger partial charge >= 0.3 is 0 Å². The van der Waals surface area contributed by atoms with Crippen molar-refractivity contribution in [1.29, 1.82) is 0 Å². The number of nitrogens with zero attached hydrogens (tertiary/aromatic N) is 1. The molecule has 2 aromatic carbocycles. The molecule has 3 rings (SSSR count). The van der Waals surface area contributed by atoms with Crippen LogP contribution in [0.3, 0.4) is 0 Å². The summed E-state index contributed by atoms with van der Waals surface area (Å²) < 4.78 is 1.95. The van der Waals surface area contributed by atoms with E-state index in [-0.39, 0.29) is 19.1 Å². The number of amides is 1. The van der Waals surface area contributed by atoms with Gasteiger partial charge in [-0.15, -0.1) is 0 Å². The first-order valence-corrected chi connectivity index (χ1v) is 7.21. The second-order valence-electron chi connectivity index (χ2n) is 5.36. The molecule has 1 heterocycles. The van der Waals surface area contributed by atoms with Crippen LogP contribution in [0.5, 0.6) is 0 Å². The van der Waals surface area contributed by atoms with Crippen LogP contribution in [0.1, 0.15) is 11.1 Å². The number of para-hydroxylation sites is 1. The molecule has 0 bridgehead atoms. The van der Waals surface area contributed by atoms with Gasteiger partial charge in [0.2, 0.25) is 5.91 Å². The van der Waals surface area contributed by atoms with E-state index in [9.17, 15) is 4.79 Å². The van der Waals surface area contributed by atoms with Crippen molar-refractivity contribution in [3.8, 4) is 0 Å². The molecule has 0 spiro atoms. The average molecular weight is 294 g/mol. The highest BCUT2D eigenvalue weighted by Gasteiger charge is 2.09. The Kier molecular flexibility index (Phi) is 3.94. The van der Waals surface area contributed by atoms with Gasteiger partial charge in [0.25, 0.3) is 0 Å². The van der Waals surface area contributed by atoms with Gasteiger partial charge in [0.1, 0.15) is 6.54 Å². The molecule has 3 aromatic rings. The summed E-state index contributed by atoms with van der Waals surface area (Å²) in [5, 5.41) is 13.2. The fraction of sp³-hybridized carbons (Fsp3) is 0.167. The number of carbonyl (C=O) groups excluding carboxylic acids is 1. The summed E-state index contributed by atoms with van der Waals surface area (Å²) >= 11 is 0. The molecular formula is C18H18N2O2. The Morgan fingerprint density at radius 3 is 2.82 bits per heavy atom. The maximum absolute atomic E-state index is 12.2. The van der Waals surface area contributed by atoms with Crippen LogP contribution in [0, 0.1) is 6.92 Å². The van der Waals surface area contributed by atoms with E-state index in [4.69, 9.17) is 5.11 Å². The van der Waals surface area contributed by atoms with Gasteiger partial charge in [0.15, 0.2) is 0 Å². The van der Waals surface area contributed by atoms with Crippen molar-refractivity contribution in [1.82, 2.24) is 4.57 Å². The summed E-state index contributed by atoms with van der Waals surface area (Å²) in [6.45, 7) is 2.27. The van der Waals surface area contributed by atoms with Gasteiger partial charge in [-0.2, -0.15) is 0 Å². The molecule has 2 N–H and O–H groups in total. The minimum absolute atomic E-state index is 0.0366. The fourth-order valence-corrected chi connectivity index (χ4v) is 2.66. The summed E-state index contributed by atoms with van der Waals surface area (Å²) in [7, 11) is 0. The van der Waals surface area contributed by atoms with Crippen molar-refractivity contribution in [2.45, 2.75) is 20.1 Å². The Morgan fingerprint density at radius 1 is 1.18 bits per heavy atom. The predicted octanol–water partition coefficient (Wildman–Crippen LogP) is 3.08. The van der Waals surface area contributed by atoms with E-state index >= 15 is 0 Å². The number of aliphatic hydroxyl groups is 1. The topological polar surface area (TPSA) is 54.3 Å². The highest BCUT2D eigenvalue weighted by molar-refractivity contribution is 5.92. The van der Waals surface area contributed by atoms with Gasteiger partial charge in [0, 0.05) is 22.8 Å². The van der Waals surface area contributed by atoms with E-state index in [0.29, 0.717) is 5.69 Å². The van der Waals surface area contributed by atoms with Gasteiger partial charge in [-0.1, -0.05) is 30.3 Å². The SMILES string of the molecule is Cc1cn(CC(=O)Nc2cccc(CO)c2)c2ccccc12. The molecule has 0 atom stereocenters. The molecule has 0 saturated heterocycles. The van der Waals surface area contributed by atoms with E-state index in [1.54, 1.807) is 6.07 Å². The second kappa shape index (κ2) is 6.03. The number of aryl methyl sites for hydroxylation is 1. The Hall–Kier alpha value is -2.59. The average Bonchev–Trinajstić information content (AvgIpc) is 2.84. The number of aliphatic hydroxyl groups excluding tert-OH is 1. The second-order valence-corrected chi connectivity index (χ2v) is 5.36. The van der Waals surface area contributed by atoms with Gasteiger partial charge in [0.05, 0.1) is 6.61 Å². The number of anilines is 1. The van der Waals surface area contributed by atoms with Crippen LogP contribution >= 0.6 is 0 Å². The van der Waals surface area contributed by atoms with Crippen molar-refractivity contribution < 1.29 is 9.90 Å². The van der Waals surface area contributed by atoms with Gasteiger partial charge in [-0.05, 0) is 36.2 Å². The molecule has 1 amide bonds. The lowest BCUT2D eigenvalue weighted by molar-refractivity contribution is -0.116. The minimum Gasteiger partial charge on any atom is -0.392 e. The monoisotopic (exact) mass is 294 g/mol. The molecule has 0 aliphatic heterocycles. The Morgan fingerprint density at radius 2 is 2.00 bits per heavy atom. The highest BCUT2D eigenvalue weighted by Crippen LogP contribution is 2.20. The standard InChI is InChI=1S/C18H18N2O2/c1-13-10-20(17-8-3-2-7-16(13)17)11-18(22)19-15-6-4-5-14(9-15)12-21/h2-10,21H,11-12H2,1H3,(H,19,22). The molecule has 0 aliphatic rings. The lowest BCUT2D eigenvalue weighted by Gasteiger charge is -2.08. The van der Waals surface area contributed by atoms with Crippen LogP contribution < -0.4 is 5.32 Å². The molecule has 4 nitrogen and oxygen atoms in total. The first-order chi connectivity index (χ1) is 10.7. The van der Waals surface area contributed by atoms with E-state index in [1.807, 2.05) is 54.1 Å². The normalized spacial score (nSPS) is 10.8. The van der Waals surface area contributed by atoms with Crippen molar-refractivity contribution in [2.24, 2.45) is 0 Å². The number of fused-ring (bicyclic) bond motifs is 1. The third kappa shape index (κ3) is 2.87. The number of rotatable bonds is 4. The first-order valence-electron chi connectivity index (χ1n) is 7.21. The largest absolute Gasteiger partial charge is 0.392 e. The van der Waals surface area contributed by atoms with Gasteiger partial charge in [-0.25, -0.2) is 0 Å². The van der Waals surface area contributed by atoms with Crippen molar-refractivity contribution in [2.75, 3.05) is 5.32 Å². The van der Waals surface area contributed by atoms with E-state index in [0.717, 1.165) is 22.0 Å². The summed E-state index contributed by atoms with van der Waals surface area (Å²) in [5.74, 6) is -0.0872. The molecule has 4 heteroatoms. The minimum atomic E-state index is -0.0872. The fourth-order valence-electron chi connectivity index (χ4n) is 2.66. The summed E-state index contributed by atoms with van der Waals surface area (Å²) in [6, 6.07) is 15.3. The van der Waals surface area contributed by atoms with Crippen LogP contribution in [0.2, 0.25) is 0 Å². The summed E-state index contributed by atoms with van der Waals surface area (Å²) in [6.07, 6.45) is 1.99. The van der Waals surface area contributed by atoms with Crippen molar-refractivity contribution >= 4 is 22.5 Å². The van der Waals surface area contributed by atoms with Crippen LogP contribution in [-0.2, 0) is 17.9 Å². The molecule has 112 valence electrons. The Balaban J connectivity index is 1.78. The van der Waals surface area contributed by atoms with Crippen LogP contribution in [0.25, 0.3) is 10.9 Å². The highest BCUT2D eigenvalue weighted by atomic mass is 16.3. The molecule has 0 radical (unpaired) electrons. The number of aromatic nitrogens is 1. The zero-order chi connectivity index (χ0) is 15.5. The Labute approximate surface area is 129 Å². The smallest absolute Gasteiger partial charge is 0.244 e. The third-order valence-corrected chi connectivity index (χ3v) is 3.70. The lowest BCUT2D eigenvalue weighted by atomic mass is 10.2. The third-order valence-electron chi connectivity index (χ3n) is 3.70. The first kappa shape index (κ1) is 14.4. The molecule has 0 aliphatic carbocycles. The predicted molar refractivity (Wildman–Crippen MR) is 87.7 cm³/mol. The zero-order valence-electron chi connectivity index (χ0n) is 12.4. The number of hydrogen-bond acceptors (Lipinski definition) is 2. The molecule has 22 heavy (non-hydrogen) atoms. The molecule has 0 unspecified atom stereocenters. The molecular weight excluding hydrogens is 276 g/mol. The molecule has 1 aromatic heterocycles. The summed E-state index contributed by atoms with van der Waals surface area (Å²) in [5.41, 5.74) is 3.69. The quantitative estimate of drug-likeness (QED) is 0.777. The maximum Gasteiger partial charge on any atom is 0.244 e. The number of nitrogens with one attached hydrogen (secondary N) is 1. The lowest BCUT2D eigenvalue weighted by Crippen LogP contribution is -2.18. The number of hydrogen-bond donors (Lipinski definition) is 2. The molecule has 0 saturated carbocycles. The maximum atomic E-state index is 12.2. The zero-order valence-corrected chi connectivity index (χ0v) is 12.4.